The largest absolute Gasteiger partial charge is 0.345 e. The van der Waals surface area contributed by atoms with Crippen molar-refractivity contribution >= 4 is 58.2 Å². The summed E-state index contributed by atoms with van der Waals surface area (Å²) in [7, 11) is 0. The lowest BCUT2D eigenvalue weighted by Gasteiger charge is -2.19. The van der Waals surface area contributed by atoms with Gasteiger partial charge in [0.2, 0.25) is 11.8 Å². The highest BCUT2D eigenvalue weighted by molar-refractivity contribution is 8.03. The molecule has 1 aromatic rings. The van der Waals surface area contributed by atoms with Gasteiger partial charge in [-0.25, -0.2) is 0 Å². The summed E-state index contributed by atoms with van der Waals surface area (Å²) < 4.78 is 1.21. The number of thioether (sulfide) groups is 2. The number of nitrogens with zero attached hydrogens (tertiary/aromatic N) is 2. The van der Waals surface area contributed by atoms with Crippen molar-refractivity contribution in [2.75, 3.05) is 11.5 Å². The number of ketones is 2. The number of carbonyl (C=O) groups is 4. The molecule has 0 aliphatic carbocycles. The molecule has 11 heteroatoms. The van der Waals surface area contributed by atoms with Crippen LogP contribution in [0.2, 0.25) is 0 Å². The third kappa shape index (κ3) is 9.26. The standard InChI is InChI=1S/C18H28N4O4S3/c1-9(2)15(11(5)23)19-13(25)7-27-17-21-22-18(29-17)28-8-14(26)20-16(10(3)4)12(6)24/h9-10,15-16H,7-8H2,1-6H3,(H,19,25)(H,20,26). The number of hydrogen-bond acceptors (Lipinski definition) is 9. The molecule has 1 rings (SSSR count). The van der Waals surface area contributed by atoms with Crippen molar-refractivity contribution in [3.05, 3.63) is 0 Å². The van der Waals surface area contributed by atoms with Crippen LogP contribution >= 0.6 is 34.9 Å². The normalized spacial score (nSPS) is 13.2. The molecular weight excluding hydrogens is 432 g/mol. The Hall–Kier alpha value is -1.46. The first-order chi connectivity index (χ1) is 13.5. The van der Waals surface area contributed by atoms with Crippen molar-refractivity contribution in [2.45, 2.75) is 62.3 Å². The Bertz CT molecular complexity index is 678. The van der Waals surface area contributed by atoms with Crippen molar-refractivity contribution in [2.24, 2.45) is 11.8 Å². The van der Waals surface area contributed by atoms with E-state index in [9.17, 15) is 19.2 Å². The predicted octanol–water partition coefficient (Wildman–Crippen LogP) is 2.18. The zero-order valence-electron chi connectivity index (χ0n) is 17.5. The summed E-state index contributed by atoms with van der Waals surface area (Å²) in [6.45, 7) is 10.4. The second-order valence-electron chi connectivity index (χ2n) is 7.21. The van der Waals surface area contributed by atoms with E-state index in [0.29, 0.717) is 8.68 Å². The molecule has 2 amide bonds. The molecule has 2 atom stereocenters. The Morgan fingerprint density at radius 1 is 0.793 bits per heavy atom. The van der Waals surface area contributed by atoms with Gasteiger partial charge >= 0.3 is 0 Å². The SMILES string of the molecule is CC(=O)C(NC(=O)CSc1nnc(SCC(=O)NC(C(C)=O)C(C)C)s1)C(C)C. The number of amides is 2. The van der Waals surface area contributed by atoms with Gasteiger partial charge < -0.3 is 10.6 Å². The van der Waals surface area contributed by atoms with Gasteiger partial charge in [0.15, 0.2) is 20.2 Å². The highest BCUT2D eigenvalue weighted by Gasteiger charge is 2.22. The summed E-state index contributed by atoms with van der Waals surface area (Å²) in [5.41, 5.74) is 0. The molecule has 0 saturated heterocycles. The summed E-state index contributed by atoms with van der Waals surface area (Å²) in [4.78, 5) is 47.3. The van der Waals surface area contributed by atoms with E-state index in [0.717, 1.165) is 0 Å². The van der Waals surface area contributed by atoms with Gasteiger partial charge in [-0.15, -0.1) is 10.2 Å². The van der Waals surface area contributed by atoms with Crippen LogP contribution in [-0.2, 0) is 19.2 Å². The Morgan fingerprint density at radius 2 is 1.14 bits per heavy atom. The van der Waals surface area contributed by atoms with E-state index in [1.807, 2.05) is 27.7 Å². The summed E-state index contributed by atoms with van der Waals surface area (Å²) in [6.07, 6.45) is 0. The first-order valence-corrected chi connectivity index (χ1v) is 12.0. The highest BCUT2D eigenvalue weighted by atomic mass is 32.2. The minimum Gasteiger partial charge on any atom is -0.345 e. The van der Waals surface area contributed by atoms with Gasteiger partial charge in [-0.1, -0.05) is 62.6 Å². The van der Waals surface area contributed by atoms with Gasteiger partial charge in [0.1, 0.15) is 0 Å². The van der Waals surface area contributed by atoms with Crippen LogP contribution in [0.15, 0.2) is 8.68 Å². The lowest BCUT2D eigenvalue weighted by atomic mass is 10.0. The molecule has 1 aromatic heterocycles. The van der Waals surface area contributed by atoms with Crippen LogP contribution in [-0.4, -0.2) is 57.2 Å². The lowest BCUT2D eigenvalue weighted by molar-refractivity contribution is -0.126. The molecule has 162 valence electrons. The quantitative estimate of drug-likeness (QED) is 0.456. The van der Waals surface area contributed by atoms with Crippen LogP contribution in [0.1, 0.15) is 41.5 Å². The molecule has 0 bridgehead atoms. The molecule has 0 spiro atoms. The van der Waals surface area contributed by atoms with Crippen LogP contribution in [0.25, 0.3) is 0 Å². The molecular formula is C18H28N4O4S3. The van der Waals surface area contributed by atoms with Crippen LogP contribution in [0.5, 0.6) is 0 Å². The first-order valence-electron chi connectivity index (χ1n) is 9.20. The monoisotopic (exact) mass is 460 g/mol. The summed E-state index contributed by atoms with van der Waals surface area (Å²) in [5, 5.41) is 13.5. The highest BCUT2D eigenvalue weighted by Crippen LogP contribution is 2.28. The third-order valence-electron chi connectivity index (χ3n) is 3.88. The molecule has 0 saturated carbocycles. The molecule has 2 N–H and O–H groups in total. The van der Waals surface area contributed by atoms with Gasteiger partial charge in [-0.2, -0.15) is 0 Å². The van der Waals surface area contributed by atoms with Crippen molar-refractivity contribution < 1.29 is 19.2 Å². The Labute approximate surface area is 183 Å². The molecule has 0 fully saturated rings. The number of carbonyl (C=O) groups excluding carboxylic acids is 4. The maximum absolute atomic E-state index is 12.1. The summed E-state index contributed by atoms with van der Waals surface area (Å²) in [6, 6.07) is -0.987. The number of nitrogens with one attached hydrogen (secondary N) is 2. The first kappa shape index (κ1) is 25.6. The van der Waals surface area contributed by atoms with Gasteiger partial charge in [-0.05, 0) is 25.7 Å². The molecule has 0 aromatic carbocycles. The number of hydrogen-bond donors (Lipinski definition) is 2. The van der Waals surface area contributed by atoms with Gasteiger partial charge in [0, 0.05) is 0 Å². The van der Waals surface area contributed by atoms with E-state index in [1.54, 1.807) is 0 Å². The van der Waals surface area contributed by atoms with E-state index in [2.05, 4.69) is 20.8 Å². The van der Waals surface area contributed by atoms with Crippen LogP contribution in [0, 0.1) is 11.8 Å². The number of Topliss-reactive ketones (excluding diaryl/α,β-unsaturated/α-hetero) is 2. The third-order valence-corrected chi connectivity index (χ3v) is 7.07. The Balaban J connectivity index is 2.46. The van der Waals surface area contributed by atoms with Crippen LogP contribution in [0.3, 0.4) is 0 Å². The average Bonchev–Trinajstić information content (AvgIpc) is 3.07. The fraction of sp³-hybridized carbons (Fsp3) is 0.667. The van der Waals surface area contributed by atoms with Crippen LogP contribution in [0.4, 0.5) is 0 Å². The summed E-state index contributed by atoms with van der Waals surface area (Å²) in [5.74, 6) is -0.318. The van der Waals surface area contributed by atoms with Crippen molar-refractivity contribution in [1.82, 2.24) is 20.8 Å². The van der Waals surface area contributed by atoms with Crippen molar-refractivity contribution in [3.8, 4) is 0 Å². The maximum Gasteiger partial charge on any atom is 0.231 e. The average molecular weight is 461 g/mol. The van der Waals surface area contributed by atoms with E-state index >= 15 is 0 Å². The topological polar surface area (TPSA) is 118 Å². The predicted molar refractivity (Wildman–Crippen MR) is 116 cm³/mol. The molecule has 29 heavy (non-hydrogen) atoms. The minimum absolute atomic E-state index is 0.0235. The molecule has 8 nitrogen and oxygen atoms in total. The molecule has 0 aliphatic heterocycles. The van der Waals surface area contributed by atoms with Gasteiger partial charge in [-0.3, -0.25) is 19.2 Å². The maximum atomic E-state index is 12.1. The summed E-state index contributed by atoms with van der Waals surface area (Å²) >= 11 is 3.75. The van der Waals surface area contributed by atoms with E-state index in [1.165, 1.54) is 48.7 Å². The zero-order valence-corrected chi connectivity index (χ0v) is 19.9. The molecule has 2 unspecified atom stereocenters. The van der Waals surface area contributed by atoms with Crippen molar-refractivity contribution in [1.29, 1.82) is 0 Å². The zero-order chi connectivity index (χ0) is 22.1. The second-order valence-corrected chi connectivity index (χ2v) is 10.6. The minimum atomic E-state index is -0.494. The number of aromatic nitrogens is 2. The van der Waals surface area contributed by atoms with Gasteiger partial charge in [0.25, 0.3) is 0 Å². The van der Waals surface area contributed by atoms with Gasteiger partial charge in [0.05, 0.1) is 23.6 Å². The Kier molecular flexibility index (Phi) is 10.8. The second kappa shape index (κ2) is 12.3. The smallest absolute Gasteiger partial charge is 0.231 e. The Morgan fingerprint density at radius 3 is 1.41 bits per heavy atom. The number of rotatable bonds is 12. The fourth-order valence-electron chi connectivity index (χ4n) is 2.47. The lowest BCUT2D eigenvalue weighted by Crippen LogP contribution is -2.44. The van der Waals surface area contributed by atoms with Crippen LogP contribution < -0.4 is 10.6 Å². The van der Waals surface area contributed by atoms with E-state index < -0.39 is 12.1 Å². The fourth-order valence-corrected chi connectivity index (χ4v) is 5.12. The molecule has 1 heterocycles. The van der Waals surface area contributed by atoms with Crippen molar-refractivity contribution in [3.63, 3.8) is 0 Å². The molecule has 0 radical (unpaired) electrons. The van der Waals surface area contributed by atoms with E-state index in [-0.39, 0.29) is 46.7 Å². The van der Waals surface area contributed by atoms with E-state index in [4.69, 9.17) is 0 Å². The molecule has 0 aliphatic rings.